The molecule has 0 bridgehead atoms. The summed E-state index contributed by atoms with van der Waals surface area (Å²) in [7, 11) is 0. The molecular weight excluding hydrogens is 456 g/mol. The topological polar surface area (TPSA) is 91.6 Å². The molecule has 1 spiro atoms. The first-order valence-electron chi connectivity index (χ1n) is 11.6. The molecule has 7 heteroatoms. The molecule has 2 aliphatic heterocycles. The number of nitrogens with zero attached hydrogens (tertiary/aromatic N) is 2. The SMILES string of the molecule is CCOc1ccc2c(c1)Oc1cc(O)ccc1C21c2ccccc2C(=O)N1/N=C/c1ccccc1O. The molecule has 4 aromatic carbocycles. The van der Waals surface area contributed by atoms with E-state index in [1.807, 2.05) is 37.3 Å². The van der Waals surface area contributed by atoms with E-state index in [9.17, 15) is 15.0 Å². The summed E-state index contributed by atoms with van der Waals surface area (Å²) >= 11 is 0. The second-order valence-corrected chi connectivity index (χ2v) is 8.55. The lowest BCUT2D eigenvalue weighted by atomic mass is 9.75. The van der Waals surface area contributed by atoms with Crippen molar-refractivity contribution in [3.05, 3.63) is 113 Å². The Bertz CT molecular complexity index is 1550. The number of amides is 1. The van der Waals surface area contributed by atoms with Gasteiger partial charge in [-0.2, -0.15) is 5.10 Å². The summed E-state index contributed by atoms with van der Waals surface area (Å²) in [5.74, 6) is 1.32. The molecule has 2 N–H and O–H groups in total. The molecule has 0 saturated carbocycles. The number of fused-ring (bicyclic) bond motifs is 6. The lowest BCUT2D eigenvalue weighted by Crippen LogP contribution is -2.44. The number of carbonyl (C=O) groups is 1. The number of ether oxygens (including phenoxy) is 2. The first-order valence-corrected chi connectivity index (χ1v) is 11.6. The van der Waals surface area contributed by atoms with Gasteiger partial charge in [-0.15, -0.1) is 0 Å². The normalized spacial score (nSPS) is 17.6. The Balaban J connectivity index is 1.66. The van der Waals surface area contributed by atoms with Crippen LogP contribution in [-0.4, -0.2) is 34.0 Å². The van der Waals surface area contributed by atoms with E-state index in [0.717, 1.165) is 5.56 Å². The van der Waals surface area contributed by atoms with Gasteiger partial charge in [0.25, 0.3) is 5.91 Å². The molecule has 0 radical (unpaired) electrons. The number of rotatable bonds is 4. The molecule has 1 unspecified atom stereocenters. The average Bonchev–Trinajstić information content (AvgIpc) is 3.12. The van der Waals surface area contributed by atoms with Crippen LogP contribution in [0.2, 0.25) is 0 Å². The molecule has 2 aliphatic rings. The maximum atomic E-state index is 13.9. The van der Waals surface area contributed by atoms with Crippen LogP contribution in [0.15, 0.2) is 90.0 Å². The van der Waals surface area contributed by atoms with E-state index < -0.39 is 5.54 Å². The third-order valence-corrected chi connectivity index (χ3v) is 6.54. The predicted octanol–water partition coefficient (Wildman–Crippen LogP) is 5.38. The number of para-hydroxylation sites is 1. The van der Waals surface area contributed by atoms with Crippen LogP contribution in [0.1, 0.15) is 39.5 Å². The minimum atomic E-state index is -1.17. The van der Waals surface area contributed by atoms with Crippen LogP contribution < -0.4 is 9.47 Å². The van der Waals surface area contributed by atoms with Crippen molar-refractivity contribution >= 4 is 12.1 Å². The summed E-state index contributed by atoms with van der Waals surface area (Å²) in [5.41, 5.74) is 1.91. The molecule has 1 atom stereocenters. The van der Waals surface area contributed by atoms with Gasteiger partial charge < -0.3 is 19.7 Å². The Morgan fingerprint density at radius 1 is 0.917 bits per heavy atom. The molecule has 0 fully saturated rings. The fraction of sp³-hybridized carbons (Fsp3) is 0.103. The maximum Gasteiger partial charge on any atom is 0.275 e. The molecule has 0 aromatic heterocycles. The number of carbonyl (C=O) groups excluding carboxylic acids is 1. The summed E-state index contributed by atoms with van der Waals surface area (Å²) < 4.78 is 11.9. The van der Waals surface area contributed by atoms with Gasteiger partial charge in [0.2, 0.25) is 0 Å². The number of benzene rings is 4. The van der Waals surface area contributed by atoms with E-state index in [-0.39, 0.29) is 17.4 Å². The Kier molecular flexibility index (Phi) is 4.93. The molecule has 1 amide bonds. The minimum Gasteiger partial charge on any atom is -0.508 e. The van der Waals surface area contributed by atoms with Crippen LogP contribution in [-0.2, 0) is 5.54 Å². The third-order valence-electron chi connectivity index (χ3n) is 6.54. The van der Waals surface area contributed by atoms with Gasteiger partial charge in [0.15, 0.2) is 0 Å². The second-order valence-electron chi connectivity index (χ2n) is 8.55. The standard InChI is InChI=1S/C29H22N2O5/c1-2-35-20-12-14-24-27(16-20)36-26-15-19(32)11-13-23(26)29(24)22-9-5-4-8-21(22)28(34)31(29)30-17-18-7-3-6-10-25(18)33/h3-17,32-33H,2H2,1H3/b30-17+. The van der Waals surface area contributed by atoms with Crippen molar-refractivity contribution in [2.75, 3.05) is 6.61 Å². The van der Waals surface area contributed by atoms with E-state index in [1.54, 1.807) is 48.5 Å². The Morgan fingerprint density at radius 3 is 2.44 bits per heavy atom. The van der Waals surface area contributed by atoms with E-state index >= 15 is 0 Å². The number of aromatic hydroxyl groups is 2. The zero-order valence-corrected chi connectivity index (χ0v) is 19.4. The van der Waals surface area contributed by atoms with Crippen molar-refractivity contribution < 1.29 is 24.5 Å². The fourth-order valence-corrected chi connectivity index (χ4v) is 5.04. The molecule has 178 valence electrons. The quantitative estimate of drug-likeness (QED) is 0.384. The summed E-state index contributed by atoms with van der Waals surface area (Å²) in [5, 5.41) is 26.6. The van der Waals surface area contributed by atoms with Gasteiger partial charge in [0.1, 0.15) is 34.3 Å². The molecule has 4 aromatic rings. The highest BCUT2D eigenvalue weighted by Gasteiger charge is 2.57. The maximum absolute atomic E-state index is 13.9. The smallest absolute Gasteiger partial charge is 0.275 e. The summed E-state index contributed by atoms with van der Waals surface area (Å²) in [6.07, 6.45) is 1.48. The molecule has 7 nitrogen and oxygen atoms in total. The largest absolute Gasteiger partial charge is 0.508 e. The van der Waals surface area contributed by atoms with Gasteiger partial charge in [-0.3, -0.25) is 4.79 Å². The number of hydrogen-bond acceptors (Lipinski definition) is 6. The highest BCUT2D eigenvalue weighted by Crippen LogP contribution is 2.58. The van der Waals surface area contributed by atoms with Crippen molar-refractivity contribution in [1.29, 1.82) is 0 Å². The van der Waals surface area contributed by atoms with Crippen LogP contribution in [0.25, 0.3) is 0 Å². The van der Waals surface area contributed by atoms with Crippen molar-refractivity contribution in [3.63, 3.8) is 0 Å². The second kappa shape index (κ2) is 8.16. The van der Waals surface area contributed by atoms with Crippen LogP contribution in [0.4, 0.5) is 0 Å². The monoisotopic (exact) mass is 478 g/mol. The third kappa shape index (κ3) is 3.06. The first kappa shape index (κ1) is 21.7. The average molecular weight is 479 g/mol. The summed E-state index contributed by atoms with van der Waals surface area (Å²) in [6, 6.07) is 24.5. The molecule has 36 heavy (non-hydrogen) atoms. The van der Waals surface area contributed by atoms with Gasteiger partial charge in [-0.25, -0.2) is 5.01 Å². The van der Waals surface area contributed by atoms with Gasteiger partial charge in [0, 0.05) is 39.9 Å². The van der Waals surface area contributed by atoms with Gasteiger partial charge >= 0.3 is 0 Å². The predicted molar refractivity (Wildman–Crippen MR) is 134 cm³/mol. The first-order chi connectivity index (χ1) is 17.5. The van der Waals surface area contributed by atoms with Crippen LogP contribution in [0.5, 0.6) is 28.7 Å². The van der Waals surface area contributed by atoms with Gasteiger partial charge in [0.05, 0.1) is 12.8 Å². The van der Waals surface area contributed by atoms with Crippen molar-refractivity contribution in [3.8, 4) is 28.7 Å². The van der Waals surface area contributed by atoms with E-state index in [1.165, 1.54) is 17.3 Å². The Morgan fingerprint density at radius 2 is 1.64 bits per heavy atom. The van der Waals surface area contributed by atoms with E-state index in [0.29, 0.717) is 46.1 Å². The van der Waals surface area contributed by atoms with E-state index in [2.05, 4.69) is 5.10 Å². The number of hydrogen-bond donors (Lipinski definition) is 2. The minimum absolute atomic E-state index is 0.0372. The fourth-order valence-electron chi connectivity index (χ4n) is 5.04. The van der Waals surface area contributed by atoms with Crippen LogP contribution >= 0.6 is 0 Å². The van der Waals surface area contributed by atoms with Crippen molar-refractivity contribution in [1.82, 2.24) is 5.01 Å². The zero-order valence-electron chi connectivity index (χ0n) is 19.4. The zero-order chi connectivity index (χ0) is 24.9. The Labute approximate surface area is 207 Å². The summed E-state index contributed by atoms with van der Waals surface area (Å²) in [6.45, 7) is 2.38. The molecule has 6 rings (SSSR count). The highest BCUT2D eigenvalue weighted by molar-refractivity contribution is 6.03. The van der Waals surface area contributed by atoms with Gasteiger partial charge in [-0.05, 0) is 49.4 Å². The molecule has 0 saturated heterocycles. The number of hydrazone groups is 1. The molecule has 2 heterocycles. The van der Waals surface area contributed by atoms with Crippen molar-refractivity contribution in [2.24, 2.45) is 5.10 Å². The lowest BCUT2D eigenvalue weighted by Gasteiger charge is -2.41. The van der Waals surface area contributed by atoms with Crippen LogP contribution in [0, 0.1) is 0 Å². The number of phenolic OH excluding ortho intramolecular Hbond substituents is 2. The van der Waals surface area contributed by atoms with Gasteiger partial charge in [-0.1, -0.05) is 30.3 Å². The molecule has 0 aliphatic carbocycles. The highest BCUT2D eigenvalue weighted by atomic mass is 16.5. The van der Waals surface area contributed by atoms with Crippen LogP contribution in [0.3, 0.4) is 0 Å². The lowest BCUT2D eigenvalue weighted by molar-refractivity contribution is 0.0675. The number of phenols is 2. The van der Waals surface area contributed by atoms with E-state index in [4.69, 9.17) is 9.47 Å². The summed E-state index contributed by atoms with van der Waals surface area (Å²) in [4.78, 5) is 13.9. The Hall–Kier alpha value is -4.78. The molecular formula is C29H22N2O5. The van der Waals surface area contributed by atoms with Crippen molar-refractivity contribution in [2.45, 2.75) is 12.5 Å².